The minimum atomic E-state index is -0.286. The highest BCUT2D eigenvalue weighted by molar-refractivity contribution is 6.05. The van der Waals surface area contributed by atoms with Gasteiger partial charge in [0.25, 0.3) is 5.91 Å². The average Bonchev–Trinajstić information content (AvgIpc) is 3.32. The molecule has 4 rings (SSSR count). The normalized spacial score (nSPS) is 10.9. The number of para-hydroxylation sites is 1. The molecule has 0 saturated carbocycles. The van der Waals surface area contributed by atoms with E-state index in [1.807, 2.05) is 66.2 Å². The van der Waals surface area contributed by atoms with E-state index >= 15 is 0 Å². The number of aromatic amines is 1. The summed E-state index contributed by atoms with van der Waals surface area (Å²) < 4.78 is 7.51. The number of pyridine rings is 1. The fourth-order valence-electron chi connectivity index (χ4n) is 3.75. The predicted molar refractivity (Wildman–Crippen MR) is 124 cm³/mol. The third kappa shape index (κ3) is 5.06. The minimum Gasteiger partial charge on any atom is -0.494 e. The van der Waals surface area contributed by atoms with Crippen molar-refractivity contribution < 1.29 is 9.53 Å². The van der Waals surface area contributed by atoms with Crippen LogP contribution in [0.3, 0.4) is 0 Å². The number of hydrogen-bond acceptors (Lipinski definition) is 4. The Bertz CT molecular complexity index is 1230. The first-order valence-corrected chi connectivity index (χ1v) is 10.7. The Morgan fingerprint density at radius 2 is 1.97 bits per heavy atom. The van der Waals surface area contributed by atoms with Gasteiger partial charge in [-0.25, -0.2) is 4.98 Å². The van der Waals surface area contributed by atoms with Crippen LogP contribution in [0.4, 0.5) is 0 Å². The Kier molecular flexibility index (Phi) is 6.65. The third-order valence-corrected chi connectivity index (χ3v) is 5.28. The van der Waals surface area contributed by atoms with Crippen LogP contribution in [0, 0.1) is 0 Å². The van der Waals surface area contributed by atoms with Crippen LogP contribution in [0.25, 0.3) is 10.9 Å². The average molecular weight is 431 g/mol. The van der Waals surface area contributed by atoms with Gasteiger partial charge in [0.15, 0.2) is 0 Å². The molecule has 0 radical (unpaired) electrons. The van der Waals surface area contributed by atoms with Gasteiger partial charge in [-0.1, -0.05) is 30.3 Å². The summed E-state index contributed by atoms with van der Waals surface area (Å²) >= 11 is 0. The molecule has 7 nitrogen and oxygen atoms in total. The molecule has 164 valence electrons. The van der Waals surface area contributed by atoms with E-state index in [4.69, 9.17) is 4.74 Å². The Morgan fingerprint density at radius 3 is 2.72 bits per heavy atom. The molecule has 2 aromatic carbocycles. The zero-order chi connectivity index (χ0) is 22.3. The van der Waals surface area contributed by atoms with E-state index in [1.54, 1.807) is 17.4 Å². The highest BCUT2D eigenvalue weighted by Gasteiger charge is 2.19. The first-order chi connectivity index (χ1) is 15.6. The summed E-state index contributed by atoms with van der Waals surface area (Å²) in [5.74, 6) is 0.640. The van der Waals surface area contributed by atoms with Crippen LogP contribution in [-0.2, 0) is 13.1 Å². The molecule has 0 atom stereocenters. The molecule has 0 saturated heterocycles. The zero-order valence-electron chi connectivity index (χ0n) is 18.0. The van der Waals surface area contributed by atoms with Crippen molar-refractivity contribution in [2.75, 3.05) is 13.2 Å². The standard InChI is InChI=1S/C25H26N4O3/c1-2-32-20-10-8-19(9-11-20)17-29(14-5-13-28-15-12-26-18-28)25(31)22-16-24(30)27-23-7-4-3-6-21(22)23/h3-4,6-12,15-16,18H,2,5,13-14,17H2,1H3,(H,27,30). The van der Waals surface area contributed by atoms with E-state index in [2.05, 4.69) is 9.97 Å². The summed E-state index contributed by atoms with van der Waals surface area (Å²) in [5, 5.41) is 0.739. The number of aromatic nitrogens is 3. The number of benzene rings is 2. The van der Waals surface area contributed by atoms with Crippen molar-refractivity contribution in [3.8, 4) is 5.75 Å². The molecule has 2 aromatic heterocycles. The number of nitrogens with one attached hydrogen (secondary N) is 1. The molecular formula is C25H26N4O3. The van der Waals surface area contributed by atoms with Gasteiger partial charge >= 0.3 is 0 Å². The summed E-state index contributed by atoms with van der Waals surface area (Å²) in [4.78, 5) is 34.5. The van der Waals surface area contributed by atoms with Gasteiger partial charge < -0.3 is 19.2 Å². The zero-order valence-corrected chi connectivity index (χ0v) is 18.0. The Hall–Kier alpha value is -3.87. The Morgan fingerprint density at radius 1 is 1.16 bits per heavy atom. The smallest absolute Gasteiger partial charge is 0.255 e. The van der Waals surface area contributed by atoms with Crippen LogP contribution < -0.4 is 10.3 Å². The third-order valence-electron chi connectivity index (χ3n) is 5.28. The molecule has 0 aliphatic carbocycles. The van der Waals surface area contributed by atoms with Crippen LogP contribution in [0.5, 0.6) is 5.75 Å². The lowest BCUT2D eigenvalue weighted by Crippen LogP contribution is -2.33. The lowest BCUT2D eigenvalue weighted by molar-refractivity contribution is 0.0741. The maximum absolute atomic E-state index is 13.6. The van der Waals surface area contributed by atoms with Crippen LogP contribution in [0.1, 0.15) is 29.3 Å². The van der Waals surface area contributed by atoms with Crippen molar-refractivity contribution in [3.05, 3.63) is 94.8 Å². The monoisotopic (exact) mass is 430 g/mol. The second-order valence-electron chi connectivity index (χ2n) is 7.55. The summed E-state index contributed by atoms with van der Waals surface area (Å²) in [5.41, 5.74) is 1.78. The van der Waals surface area contributed by atoms with Crippen LogP contribution in [0.2, 0.25) is 0 Å². The van der Waals surface area contributed by atoms with Crippen molar-refractivity contribution in [3.63, 3.8) is 0 Å². The first kappa shape index (κ1) is 21.4. The second kappa shape index (κ2) is 9.96. The molecule has 2 heterocycles. The summed E-state index contributed by atoms with van der Waals surface area (Å²) in [7, 11) is 0. The molecule has 32 heavy (non-hydrogen) atoms. The van der Waals surface area contributed by atoms with Crippen molar-refractivity contribution in [2.24, 2.45) is 0 Å². The molecular weight excluding hydrogens is 404 g/mol. The lowest BCUT2D eigenvalue weighted by Gasteiger charge is -2.24. The second-order valence-corrected chi connectivity index (χ2v) is 7.55. The van der Waals surface area contributed by atoms with Gasteiger partial charge in [-0.3, -0.25) is 9.59 Å². The number of aryl methyl sites for hydroxylation is 1. The van der Waals surface area contributed by atoms with Gasteiger partial charge in [-0.05, 0) is 37.1 Å². The maximum atomic E-state index is 13.6. The summed E-state index contributed by atoms with van der Waals surface area (Å²) in [6, 6.07) is 16.5. The largest absolute Gasteiger partial charge is 0.494 e. The number of carbonyl (C=O) groups is 1. The number of nitrogens with zero attached hydrogens (tertiary/aromatic N) is 3. The summed E-state index contributed by atoms with van der Waals surface area (Å²) in [6.07, 6.45) is 6.18. The van der Waals surface area contributed by atoms with Gasteiger partial charge in [0.2, 0.25) is 5.56 Å². The van der Waals surface area contributed by atoms with Crippen LogP contribution in [0.15, 0.2) is 78.1 Å². The fraction of sp³-hybridized carbons (Fsp3) is 0.240. The molecule has 0 aliphatic rings. The molecule has 0 unspecified atom stereocenters. The minimum absolute atomic E-state index is 0.160. The quantitative estimate of drug-likeness (QED) is 0.437. The number of rotatable bonds is 9. The number of fused-ring (bicyclic) bond motifs is 1. The lowest BCUT2D eigenvalue weighted by atomic mass is 10.1. The van der Waals surface area contributed by atoms with E-state index in [0.29, 0.717) is 30.8 Å². The Balaban J connectivity index is 1.60. The Labute approximate surface area is 186 Å². The van der Waals surface area contributed by atoms with Crippen molar-refractivity contribution in [1.29, 1.82) is 0 Å². The van der Waals surface area contributed by atoms with Crippen LogP contribution in [-0.4, -0.2) is 38.5 Å². The number of ether oxygens (including phenoxy) is 1. The molecule has 1 N–H and O–H groups in total. The molecule has 7 heteroatoms. The summed E-state index contributed by atoms with van der Waals surface area (Å²) in [6.45, 7) is 4.29. The first-order valence-electron chi connectivity index (χ1n) is 10.7. The van der Waals surface area contributed by atoms with Gasteiger partial charge in [0.1, 0.15) is 5.75 Å². The van der Waals surface area contributed by atoms with E-state index < -0.39 is 0 Å². The maximum Gasteiger partial charge on any atom is 0.255 e. The van der Waals surface area contributed by atoms with E-state index in [0.717, 1.165) is 29.7 Å². The number of H-pyrrole nitrogens is 1. The highest BCUT2D eigenvalue weighted by Crippen LogP contribution is 2.19. The van der Waals surface area contributed by atoms with Crippen molar-refractivity contribution in [1.82, 2.24) is 19.4 Å². The number of amides is 1. The molecule has 0 spiro atoms. The highest BCUT2D eigenvalue weighted by atomic mass is 16.5. The van der Waals surface area contributed by atoms with Gasteiger partial charge in [0.05, 0.1) is 18.5 Å². The van der Waals surface area contributed by atoms with E-state index in [1.165, 1.54) is 6.07 Å². The topological polar surface area (TPSA) is 80.2 Å². The molecule has 0 aliphatic heterocycles. The van der Waals surface area contributed by atoms with E-state index in [-0.39, 0.29) is 11.5 Å². The molecule has 0 bridgehead atoms. The molecule has 1 amide bonds. The van der Waals surface area contributed by atoms with Gasteiger partial charge in [-0.2, -0.15) is 0 Å². The molecule has 0 fully saturated rings. The van der Waals surface area contributed by atoms with Crippen molar-refractivity contribution in [2.45, 2.75) is 26.4 Å². The predicted octanol–water partition coefficient (Wildman–Crippen LogP) is 3.86. The van der Waals surface area contributed by atoms with Crippen molar-refractivity contribution >= 4 is 16.8 Å². The van der Waals surface area contributed by atoms with Gasteiger partial charge in [-0.15, -0.1) is 0 Å². The fourth-order valence-corrected chi connectivity index (χ4v) is 3.75. The molecule has 4 aromatic rings. The number of carbonyl (C=O) groups excluding carboxylic acids is 1. The van der Waals surface area contributed by atoms with E-state index in [9.17, 15) is 9.59 Å². The van der Waals surface area contributed by atoms with Gasteiger partial charge in [0, 0.05) is 49.0 Å². The number of imidazole rings is 1. The number of hydrogen-bond donors (Lipinski definition) is 1. The SMILES string of the molecule is CCOc1ccc(CN(CCCn2ccnc2)C(=O)c2cc(=O)[nH]c3ccccc23)cc1. The van der Waals surface area contributed by atoms with Crippen LogP contribution >= 0.6 is 0 Å².